The van der Waals surface area contributed by atoms with E-state index in [-0.39, 0.29) is 6.79 Å². The zero-order chi connectivity index (χ0) is 22.4. The van der Waals surface area contributed by atoms with Crippen LogP contribution in [0, 0.1) is 22.7 Å². The first-order valence-electron chi connectivity index (χ1n) is 10.4. The first-order chi connectivity index (χ1) is 16.3. The predicted octanol–water partition coefficient (Wildman–Crippen LogP) is 6.19. The van der Waals surface area contributed by atoms with Crippen molar-refractivity contribution in [3.63, 3.8) is 0 Å². The van der Waals surface area contributed by atoms with Gasteiger partial charge in [0.15, 0.2) is 11.5 Å². The second-order valence-corrected chi connectivity index (χ2v) is 7.76. The number of benzene rings is 4. The van der Waals surface area contributed by atoms with Crippen molar-refractivity contribution >= 4 is 21.7 Å². The molecule has 0 radical (unpaired) electrons. The molecule has 4 aromatic carbocycles. The molecule has 5 nitrogen and oxygen atoms in total. The number of pyridine rings is 1. The molecule has 33 heavy (non-hydrogen) atoms. The number of para-hydroxylation sites is 1. The van der Waals surface area contributed by atoms with E-state index in [0.717, 1.165) is 43.9 Å². The summed E-state index contributed by atoms with van der Waals surface area (Å²) in [5.41, 5.74) is 5.72. The van der Waals surface area contributed by atoms with Crippen LogP contribution >= 0.6 is 0 Å². The maximum Gasteiger partial charge on any atom is 0.231 e. The minimum absolute atomic E-state index is 0.115. The molecule has 0 bridgehead atoms. The zero-order valence-corrected chi connectivity index (χ0v) is 17.4. The average Bonchev–Trinajstić information content (AvgIpc) is 3.36. The highest BCUT2D eigenvalue weighted by Gasteiger charge is 2.29. The van der Waals surface area contributed by atoms with Gasteiger partial charge in [0.25, 0.3) is 0 Å². The molecule has 2 heterocycles. The number of nitriles is 2. The molecule has 5 heteroatoms. The van der Waals surface area contributed by atoms with E-state index < -0.39 is 0 Å². The van der Waals surface area contributed by atoms with Gasteiger partial charge >= 0.3 is 0 Å². The summed E-state index contributed by atoms with van der Waals surface area (Å²) >= 11 is 0. The average molecular weight is 425 g/mol. The van der Waals surface area contributed by atoms with Gasteiger partial charge in [-0.15, -0.1) is 0 Å². The number of fused-ring (bicyclic) bond motifs is 4. The van der Waals surface area contributed by atoms with Crippen LogP contribution in [-0.4, -0.2) is 11.8 Å². The number of aromatic nitrogens is 1. The molecule has 1 aliphatic rings. The second kappa shape index (κ2) is 7.37. The number of nitrogens with zero attached hydrogens (tertiary/aromatic N) is 3. The molecule has 0 unspecified atom stereocenters. The van der Waals surface area contributed by atoms with E-state index in [0.29, 0.717) is 22.6 Å². The van der Waals surface area contributed by atoms with Crippen LogP contribution < -0.4 is 9.47 Å². The van der Waals surface area contributed by atoms with Crippen molar-refractivity contribution in [2.45, 2.75) is 0 Å². The van der Waals surface area contributed by atoms with Gasteiger partial charge in [-0.2, -0.15) is 10.5 Å². The lowest BCUT2D eigenvalue weighted by Gasteiger charge is -2.17. The standard InChI is InChI=1S/C28H15N3O2/c29-13-17-5-9-19(10-6-17)24-22-15-31-23-4-2-1-3-21(23)26(22)25(28-27(24)32-16-33-28)20-11-7-18(14-30)8-12-20/h1-12,15H,16H2. The summed E-state index contributed by atoms with van der Waals surface area (Å²) in [6.45, 7) is 0.115. The molecule has 0 spiro atoms. The highest BCUT2D eigenvalue weighted by Crippen LogP contribution is 2.54. The lowest BCUT2D eigenvalue weighted by molar-refractivity contribution is 0.174. The highest BCUT2D eigenvalue weighted by atomic mass is 16.7. The largest absolute Gasteiger partial charge is 0.453 e. The number of hydrogen-bond donors (Lipinski definition) is 0. The Hall–Kier alpha value is -4.87. The maximum absolute atomic E-state index is 9.24. The van der Waals surface area contributed by atoms with Crippen molar-refractivity contribution in [2.75, 3.05) is 6.79 Å². The third-order valence-corrected chi connectivity index (χ3v) is 5.97. The summed E-state index contributed by atoms with van der Waals surface area (Å²) in [7, 11) is 0. The SMILES string of the molecule is N#Cc1ccc(-c2c3c(c(-c4ccc(C#N)cc4)c4c2cnc2ccccc24)OCO3)cc1. The number of hydrogen-bond acceptors (Lipinski definition) is 5. The summed E-state index contributed by atoms with van der Waals surface area (Å²) in [4.78, 5) is 4.73. The van der Waals surface area contributed by atoms with Crippen LogP contribution in [0.4, 0.5) is 0 Å². The van der Waals surface area contributed by atoms with E-state index in [2.05, 4.69) is 18.2 Å². The maximum atomic E-state index is 9.24. The van der Waals surface area contributed by atoms with Gasteiger partial charge in [-0.05, 0) is 41.5 Å². The fourth-order valence-electron chi connectivity index (χ4n) is 4.47. The summed E-state index contributed by atoms with van der Waals surface area (Å²) in [6.07, 6.45) is 1.88. The Labute approximate surface area is 189 Å². The summed E-state index contributed by atoms with van der Waals surface area (Å²) in [6, 6.07) is 27.3. The van der Waals surface area contributed by atoms with Crippen LogP contribution in [0.25, 0.3) is 43.9 Å². The summed E-state index contributed by atoms with van der Waals surface area (Å²) in [5.74, 6) is 1.33. The van der Waals surface area contributed by atoms with E-state index >= 15 is 0 Å². The van der Waals surface area contributed by atoms with Crippen molar-refractivity contribution in [1.29, 1.82) is 10.5 Å². The fraction of sp³-hybridized carbons (Fsp3) is 0.0357. The zero-order valence-electron chi connectivity index (χ0n) is 17.4. The van der Waals surface area contributed by atoms with Crippen LogP contribution in [0.15, 0.2) is 79.0 Å². The Balaban J connectivity index is 1.78. The van der Waals surface area contributed by atoms with Gasteiger partial charge in [-0.3, -0.25) is 4.98 Å². The van der Waals surface area contributed by atoms with Crippen molar-refractivity contribution in [3.05, 3.63) is 90.1 Å². The Bertz CT molecular complexity index is 1640. The quantitative estimate of drug-likeness (QED) is 0.315. The smallest absolute Gasteiger partial charge is 0.231 e. The minimum Gasteiger partial charge on any atom is -0.453 e. The molecule has 0 amide bonds. The number of ether oxygens (including phenoxy) is 2. The minimum atomic E-state index is 0.115. The van der Waals surface area contributed by atoms with Gasteiger partial charge in [-0.1, -0.05) is 42.5 Å². The molecule has 0 aliphatic carbocycles. The molecule has 0 atom stereocenters. The van der Waals surface area contributed by atoms with Crippen LogP contribution in [0.1, 0.15) is 11.1 Å². The third-order valence-electron chi connectivity index (χ3n) is 5.97. The highest BCUT2D eigenvalue weighted by molar-refractivity contribution is 6.20. The Morgan fingerprint density at radius 3 is 1.88 bits per heavy atom. The first-order valence-corrected chi connectivity index (χ1v) is 10.4. The van der Waals surface area contributed by atoms with E-state index in [9.17, 15) is 10.5 Å². The van der Waals surface area contributed by atoms with Crippen molar-refractivity contribution in [3.8, 4) is 45.9 Å². The van der Waals surface area contributed by atoms with Gasteiger partial charge < -0.3 is 9.47 Å². The Morgan fingerprint density at radius 2 is 1.24 bits per heavy atom. The van der Waals surface area contributed by atoms with E-state index in [1.165, 1.54) is 0 Å². The molecule has 154 valence electrons. The fourth-order valence-corrected chi connectivity index (χ4v) is 4.47. The van der Waals surface area contributed by atoms with Crippen molar-refractivity contribution < 1.29 is 9.47 Å². The lowest BCUT2D eigenvalue weighted by Crippen LogP contribution is -1.94. The normalized spacial score (nSPS) is 11.9. The van der Waals surface area contributed by atoms with E-state index in [1.54, 1.807) is 24.3 Å². The van der Waals surface area contributed by atoms with Crippen LogP contribution in [0.2, 0.25) is 0 Å². The summed E-state index contributed by atoms with van der Waals surface area (Å²) < 4.78 is 12.0. The Kier molecular flexibility index (Phi) is 4.21. The topological polar surface area (TPSA) is 78.9 Å². The van der Waals surface area contributed by atoms with E-state index in [1.807, 2.05) is 48.7 Å². The molecular weight excluding hydrogens is 410 g/mol. The van der Waals surface area contributed by atoms with Gasteiger partial charge in [0.1, 0.15) is 0 Å². The van der Waals surface area contributed by atoms with Crippen LogP contribution in [0.5, 0.6) is 11.5 Å². The van der Waals surface area contributed by atoms with Gasteiger partial charge in [0.05, 0.1) is 28.8 Å². The molecule has 5 aromatic rings. The molecule has 1 aliphatic heterocycles. The molecule has 0 N–H and O–H groups in total. The predicted molar refractivity (Wildman–Crippen MR) is 126 cm³/mol. The van der Waals surface area contributed by atoms with Crippen molar-refractivity contribution in [2.24, 2.45) is 0 Å². The Morgan fingerprint density at radius 1 is 0.667 bits per heavy atom. The van der Waals surface area contributed by atoms with Gasteiger partial charge in [0.2, 0.25) is 6.79 Å². The van der Waals surface area contributed by atoms with Gasteiger partial charge in [-0.25, -0.2) is 0 Å². The van der Waals surface area contributed by atoms with Gasteiger partial charge in [0, 0.05) is 33.5 Å². The second-order valence-electron chi connectivity index (χ2n) is 7.76. The van der Waals surface area contributed by atoms with Crippen LogP contribution in [-0.2, 0) is 0 Å². The van der Waals surface area contributed by atoms with Crippen molar-refractivity contribution in [1.82, 2.24) is 4.98 Å². The molecule has 0 fully saturated rings. The molecule has 0 saturated carbocycles. The lowest BCUT2D eigenvalue weighted by atomic mass is 9.88. The molecule has 1 aromatic heterocycles. The number of rotatable bonds is 2. The van der Waals surface area contributed by atoms with E-state index in [4.69, 9.17) is 14.5 Å². The molecular formula is C28H15N3O2. The van der Waals surface area contributed by atoms with Crippen LogP contribution in [0.3, 0.4) is 0 Å². The third kappa shape index (κ3) is 2.88. The molecule has 0 saturated heterocycles. The summed E-state index contributed by atoms with van der Waals surface area (Å²) in [5, 5.41) is 21.4. The molecule has 6 rings (SSSR count). The monoisotopic (exact) mass is 425 g/mol. The first kappa shape index (κ1) is 18.9.